The molecule has 0 aliphatic heterocycles. The van der Waals surface area contributed by atoms with E-state index in [2.05, 4.69) is 20.8 Å². The monoisotopic (exact) mass is 207 g/mol. The summed E-state index contributed by atoms with van der Waals surface area (Å²) in [6.07, 6.45) is 0.213. The van der Waals surface area contributed by atoms with Crippen LogP contribution in [0, 0.1) is 5.92 Å². The van der Waals surface area contributed by atoms with E-state index in [1.807, 2.05) is 31.2 Å². The molecule has 0 amide bonds. The summed E-state index contributed by atoms with van der Waals surface area (Å²) in [4.78, 5) is 0. The number of hydrogen-bond acceptors (Lipinski definition) is 2. The first-order valence-corrected chi connectivity index (χ1v) is 5.53. The molecule has 0 aromatic heterocycles. The number of hydrogen-bond donors (Lipinski definition) is 1. The van der Waals surface area contributed by atoms with E-state index in [-0.39, 0.29) is 12.1 Å². The lowest BCUT2D eigenvalue weighted by Gasteiger charge is -2.21. The molecule has 2 nitrogen and oxygen atoms in total. The smallest absolute Gasteiger partial charge is 0.124 e. The molecule has 1 aromatic rings. The first kappa shape index (κ1) is 12.1. The largest absolute Gasteiger partial charge is 0.490 e. The predicted molar refractivity (Wildman–Crippen MR) is 64.0 cm³/mol. The quantitative estimate of drug-likeness (QED) is 0.823. The fraction of sp³-hybridized carbons (Fsp3) is 0.538. The van der Waals surface area contributed by atoms with Crippen molar-refractivity contribution in [2.75, 3.05) is 0 Å². The Morgan fingerprint density at radius 2 is 1.67 bits per heavy atom. The summed E-state index contributed by atoms with van der Waals surface area (Å²) >= 11 is 0. The highest BCUT2D eigenvalue weighted by molar-refractivity contribution is 5.35. The van der Waals surface area contributed by atoms with Crippen molar-refractivity contribution >= 4 is 0 Å². The van der Waals surface area contributed by atoms with Crippen molar-refractivity contribution in [2.45, 2.75) is 39.8 Å². The molecule has 2 atom stereocenters. The molecule has 0 aliphatic rings. The Morgan fingerprint density at radius 3 is 2.20 bits per heavy atom. The second kappa shape index (κ2) is 5.17. The van der Waals surface area contributed by atoms with Gasteiger partial charge < -0.3 is 10.5 Å². The number of ether oxygens (including phenoxy) is 1. The molecule has 84 valence electrons. The molecule has 0 radical (unpaired) electrons. The van der Waals surface area contributed by atoms with E-state index in [9.17, 15) is 0 Å². The lowest BCUT2D eigenvalue weighted by molar-refractivity contribution is 0.168. The van der Waals surface area contributed by atoms with E-state index < -0.39 is 0 Å². The summed E-state index contributed by atoms with van der Waals surface area (Å²) in [6.45, 7) is 8.36. The third kappa shape index (κ3) is 3.24. The van der Waals surface area contributed by atoms with Gasteiger partial charge in [-0.1, -0.05) is 32.0 Å². The molecule has 0 bridgehead atoms. The van der Waals surface area contributed by atoms with Crippen LogP contribution in [0.5, 0.6) is 5.75 Å². The highest BCUT2D eigenvalue weighted by atomic mass is 16.5. The SMILES string of the molecule is CC(N)c1ccccc1OC(C)C(C)C. The van der Waals surface area contributed by atoms with Gasteiger partial charge in [-0.15, -0.1) is 0 Å². The van der Waals surface area contributed by atoms with Gasteiger partial charge in [0.05, 0.1) is 6.10 Å². The molecule has 1 rings (SSSR count). The zero-order chi connectivity index (χ0) is 11.4. The Hall–Kier alpha value is -1.02. The summed E-state index contributed by atoms with van der Waals surface area (Å²) < 4.78 is 5.89. The molecule has 0 saturated heterocycles. The third-order valence-electron chi connectivity index (χ3n) is 2.66. The van der Waals surface area contributed by atoms with Gasteiger partial charge in [-0.25, -0.2) is 0 Å². The highest BCUT2D eigenvalue weighted by Gasteiger charge is 2.12. The lowest BCUT2D eigenvalue weighted by atomic mass is 10.1. The molecule has 0 spiro atoms. The minimum Gasteiger partial charge on any atom is -0.490 e. The zero-order valence-electron chi connectivity index (χ0n) is 10.0. The topological polar surface area (TPSA) is 35.2 Å². The minimum atomic E-state index is 0.0144. The first-order chi connectivity index (χ1) is 7.02. The minimum absolute atomic E-state index is 0.0144. The molecule has 0 saturated carbocycles. The van der Waals surface area contributed by atoms with Crippen LogP contribution in [0.2, 0.25) is 0 Å². The van der Waals surface area contributed by atoms with Gasteiger partial charge >= 0.3 is 0 Å². The van der Waals surface area contributed by atoms with Crippen molar-refractivity contribution < 1.29 is 4.74 Å². The normalized spacial score (nSPS) is 15.1. The maximum Gasteiger partial charge on any atom is 0.124 e. The average Bonchev–Trinajstić information content (AvgIpc) is 2.18. The fourth-order valence-electron chi connectivity index (χ4n) is 1.30. The van der Waals surface area contributed by atoms with Gasteiger partial charge in [0.2, 0.25) is 0 Å². The Kier molecular flexibility index (Phi) is 4.15. The Bertz CT molecular complexity index is 307. The zero-order valence-corrected chi connectivity index (χ0v) is 10.0. The maximum absolute atomic E-state index is 5.89. The van der Waals surface area contributed by atoms with Gasteiger partial charge in [0.1, 0.15) is 5.75 Å². The summed E-state index contributed by atoms with van der Waals surface area (Å²) in [5, 5.41) is 0. The molecule has 0 heterocycles. The van der Waals surface area contributed by atoms with Crippen LogP contribution in [0.1, 0.15) is 39.3 Å². The second-order valence-electron chi connectivity index (χ2n) is 4.39. The van der Waals surface area contributed by atoms with Crippen LogP contribution < -0.4 is 10.5 Å². The van der Waals surface area contributed by atoms with E-state index >= 15 is 0 Å². The molecule has 1 aromatic carbocycles. The van der Waals surface area contributed by atoms with Gasteiger partial charge in [0.15, 0.2) is 0 Å². The average molecular weight is 207 g/mol. The number of benzene rings is 1. The Balaban J connectivity index is 2.84. The molecular weight excluding hydrogens is 186 g/mol. The third-order valence-corrected chi connectivity index (χ3v) is 2.66. The van der Waals surface area contributed by atoms with Crippen LogP contribution in [0.4, 0.5) is 0 Å². The van der Waals surface area contributed by atoms with E-state index in [1.165, 1.54) is 0 Å². The number of para-hydroxylation sites is 1. The lowest BCUT2D eigenvalue weighted by Crippen LogP contribution is -2.20. The van der Waals surface area contributed by atoms with Crippen molar-refractivity contribution in [1.29, 1.82) is 0 Å². The van der Waals surface area contributed by atoms with Crippen LogP contribution in [0.25, 0.3) is 0 Å². The van der Waals surface area contributed by atoms with E-state index in [0.717, 1.165) is 11.3 Å². The molecular formula is C13H21NO. The van der Waals surface area contributed by atoms with E-state index in [4.69, 9.17) is 10.5 Å². The van der Waals surface area contributed by atoms with E-state index in [0.29, 0.717) is 5.92 Å². The molecule has 15 heavy (non-hydrogen) atoms. The summed E-state index contributed by atoms with van der Waals surface area (Å²) in [6, 6.07) is 7.99. The van der Waals surface area contributed by atoms with Gasteiger partial charge in [-0.3, -0.25) is 0 Å². The van der Waals surface area contributed by atoms with Crippen LogP contribution in [-0.4, -0.2) is 6.10 Å². The van der Waals surface area contributed by atoms with Gasteiger partial charge in [0.25, 0.3) is 0 Å². The van der Waals surface area contributed by atoms with Crippen molar-refractivity contribution in [1.82, 2.24) is 0 Å². The molecule has 2 N–H and O–H groups in total. The van der Waals surface area contributed by atoms with Crippen LogP contribution >= 0.6 is 0 Å². The van der Waals surface area contributed by atoms with Crippen molar-refractivity contribution in [3.05, 3.63) is 29.8 Å². The molecule has 0 fully saturated rings. The molecule has 2 unspecified atom stereocenters. The second-order valence-corrected chi connectivity index (χ2v) is 4.39. The van der Waals surface area contributed by atoms with Crippen molar-refractivity contribution in [3.8, 4) is 5.75 Å². The first-order valence-electron chi connectivity index (χ1n) is 5.53. The van der Waals surface area contributed by atoms with Crippen LogP contribution in [0.3, 0.4) is 0 Å². The summed E-state index contributed by atoms with van der Waals surface area (Å²) in [7, 11) is 0. The van der Waals surface area contributed by atoms with Crippen LogP contribution in [0.15, 0.2) is 24.3 Å². The Labute approximate surface area is 92.4 Å². The highest BCUT2D eigenvalue weighted by Crippen LogP contribution is 2.25. The van der Waals surface area contributed by atoms with Crippen molar-refractivity contribution in [2.24, 2.45) is 11.7 Å². The maximum atomic E-state index is 5.89. The number of rotatable bonds is 4. The molecule has 2 heteroatoms. The van der Waals surface area contributed by atoms with E-state index in [1.54, 1.807) is 0 Å². The van der Waals surface area contributed by atoms with Gasteiger partial charge in [-0.05, 0) is 25.8 Å². The van der Waals surface area contributed by atoms with Crippen molar-refractivity contribution in [3.63, 3.8) is 0 Å². The summed E-state index contributed by atoms with van der Waals surface area (Å²) in [5.41, 5.74) is 6.96. The number of nitrogens with two attached hydrogens (primary N) is 1. The van der Waals surface area contributed by atoms with Crippen LogP contribution in [-0.2, 0) is 0 Å². The Morgan fingerprint density at radius 1 is 1.07 bits per heavy atom. The predicted octanol–water partition coefficient (Wildman–Crippen LogP) is 3.13. The fourth-order valence-corrected chi connectivity index (χ4v) is 1.30. The summed E-state index contributed by atoms with van der Waals surface area (Å²) in [5.74, 6) is 1.42. The van der Waals surface area contributed by atoms with Gasteiger partial charge in [-0.2, -0.15) is 0 Å². The standard InChI is InChI=1S/C13H21NO/c1-9(2)11(4)15-13-8-6-5-7-12(13)10(3)14/h5-11H,14H2,1-4H3. The van der Waals surface area contributed by atoms with Gasteiger partial charge in [0, 0.05) is 11.6 Å². The molecule has 0 aliphatic carbocycles.